The number of nitrogens with zero attached hydrogens (tertiary/aromatic N) is 1. The Morgan fingerprint density at radius 1 is 1.45 bits per heavy atom. The zero-order valence-corrected chi connectivity index (χ0v) is 6.39. The highest BCUT2D eigenvalue weighted by Gasteiger charge is 2.38. The van der Waals surface area contributed by atoms with E-state index in [9.17, 15) is 17.2 Å². The van der Waals surface area contributed by atoms with Gasteiger partial charge in [-0.2, -0.15) is 12.7 Å². The van der Waals surface area contributed by atoms with E-state index in [4.69, 9.17) is 0 Å². The first kappa shape index (κ1) is 8.82. The van der Waals surface area contributed by atoms with Gasteiger partial charge in [0.2, 0.25) is 6.43 Å². The SMILES string of the molecule is NS(=O)(=O)N1CC(C(F)F)C1. The first-order chi connectivity index (χ1) is 4.91. The molecule has 0 bridgehead atoms. The highest BCUT2D eigenvalue weighted by atomic mass is 32.2. The van der Waals surface area contributed by atoms with E-state index in [0.29, 0.717) is 0 Å². The minimum Gasteiger partial charge on any atom is -0.216 e. The lowest BCUT2D eigenvalue weighted by molar-refractivity contribution is 0.0123. The molecule has 11 heavy (non-hydrogen) atoms. The van der Waals surface area contributed by atoms with Crippen LogP contribution in [0.5, 0.6) is 0 Å². The molecule has 1 rings (SSSR count). The fraction of sp³-hybridized carbons (Fsp3) is 1.00. The lowest BCUT2D eigenvalue weighted by Crippen LogP contribution is -2.54. The summed E-state index contributed by atoms with van der Waals surface area (Å²) < 4.78 is 45.3. The summed E-state index contributed by atoms with van der Waals surface area (Å²) in [5.41, 5.74) is 0. The third-order valence-electron chi connectivity index (χ3n) is 1.59. The van der Waals surface area contributed by atoms with E-state index in [1.165, 1.54) is 0 Å². The van der Waals surface area contributed by atoms with Crippen LogP contribution in [0.3, 0.4) is 0 Å². The number of hydrogen-bond acceptors (Lipinski definition) is 2. The van der Waals surface area contributed by atoms with Crippen molar-refractivity contribution >= 4 is 10.2 Å². The van der Waals surface area contributed by atoms with Gasteiger partial charge in [0, 0.05) is 19.0 Å². The van der Waals surface area contributed by atoms with Crippen molar-refractivity contribution in [1.29, 1.82) is 0 Å². The number of rotatable bonds is 2. The van der Waals surface area contributed by atoms with Gasteiger partial charge in [0.25, 0.3) is 10.2 Å². The van der Waals surface area contributed by atoms with Crippen LogP contribution in [0, 0.1) is 5.92 Å². The molecule has 0 aromatic heterocycles. The third kappa shape index (κ3) is 1.85. The van der Waals surface area contributed by atoms with Gasteiger partial charge in [0.1, 0.15) is 0 Å². The van der Waals surface area contributed by atoms with E-state index in [0.717, 1.165) is 4.31 Å². The van der Waals surface area contributed by atoms with Crippen LogP contribution in [0.25, 0.3) is 0 Å². The van der Waals surface area contributed by atoms with Gasteiger partial charge in [-0.25, -0.2) is 13.9 Å². The second kappa shape index (κ2) is 2.65. The van der Waals surface area contributed by atoms with Crippen molar-refractivity contribution in [3.05, 3.63) is 0 Å². The second-order valence-corrected chi connectivity index (χ2v) is 4.00. The Kier molecular flexibility index (Phi) is 2.13. The summed E-state index contributed by atoms with van der Waals surface area (Å²) in [4.78, 5) is 0. The molecule has 0 unspecified atom stereocenters. The van der Waals surface area contributed by atoms with Crippen LogP contribution in [-0.4, -0.2) is 32.2 Å². The number of halogens is 2. The van der Waals surface area contributed by atoms with Crippen LogP contribution in [0.15, 0.2) is 0 Å². The molecule has 1 aliphatic heterocycles. The van der Waals surface area contributed by atoms with Crippen molar-refractivity contribution in [3.63, 3.8) is 0 Å². The minimum atomic E-state index is -3.73. The molecular weight excluding hydrogens is 178 g/mol. The first-order valence-corrected chi connectivity index (χ1v) is 4.47. The lowest BCUT2D eigenvalue weighted by Gasteiger charge is -2.35. The molecule has 1 fully saturated rings. The zero-order valence-electron chi connectivity index (χ0n) is 5.57. The van der Waals surface area contributed by atoms with Crippen LogP contribution in [0.1, 0.15) is 0 Å². The standard InChI is InChI=1S/C4H8F2N2O2S/c5-4(6)3-1-8(2-3)11(7,9)10/h3-4H,1-2H2,(H2,7,9,10). The maximum absolute atomic E-state index is 11.8. The summed E-state index contributed by atoms with van der Waals surface area (Å²) in [6, 6.07) is 0. The average Bonchev–Trinajstić information content (AvgIpc) is 1.51. The molecule has 66 valence electrons. The monoisotopic (exact) mass is 186 g/mol. The van der Waals surface area contributed by atoms with Gasteiger partial charge in [0.15, 0.2) is 0 Å². The maximum Gasteiger partial charge on any atom is 0.276 e. The summed E-state index contributed by atoms with van der Waals surface area (Å²) in [6.45, 7) is -0.312. The molecule has 0 aliphatic carbocycles. The lowest BCUT2D eigenvalue weighted by atomic mass is 10.1. The molecule has 1 saturated heterocycles. The maximum atomic E-state index is 11.8. The Morgan fingerprint density at radius 3 is 2.18 bits per heavy atom. The van der Waals surface area contributed by atoms with Gasteiger partial charge in [0.05, 0.1) is 0 Å². The van der Waals surface area contributed by atoms with Gasteiger partial charge in [-0.05, 0) is 0 Å². The second-order valence-electron chi connectivity index (χ2n) is 2.46. The predicted molar refractivity (Wildman–Crippen MR) is 34.2 cm³/mol. The fourth-order valence-corrected chi connectivity index (χ4v) is 1.64. The smallest absolute Gasteiger partial charge is 0.216 e. The Bertz CT molecular complexity index is 234. The molecule has 0 atom stereocenters. The molecule has 4 nitrogen and oxygen atoms in total. The van der Waals surface area contributed by atoms with Crippen LogP contribution < -0.4 is 5.14 Å². The van der Waals surface area contributed by atoms with E-state index < -0.39 is 22.6 Å². The van der Waals surface area contributed by atoms with Gasteiger partial charge >= 0.3 is 0 Å². The molecule has 0 amide bonds. The molecule has 1 heterocycles. The molecule has 2 N–H and O–H groups in total. The molecule has 1 aliphatic rings. The van der Waals surface area contributed by atoms with Crippen molar-refractivity contribution in [3.8, 4) is 0 Å². The van der Waals surface area contributed by atoms with Crippen LogP contribution in [0.4, 0.5) is 8.78 Å². The Labute approximate surface area is 63.2 Å². The molecule has 7 heteroatoms. The molecular formula is C4H8F2N2O2S. The number of nitrogens with two attached hydrogens (primary N) is 1. The first-order valence-electron chi connectivity index (χ1n) is 2.97. The van der Waals surface area contributed by atoms with Crippen LogP contribution in [0.2, 0.25) is 0 Å². The topological polar surface area (TPSA) is 63.4 Å². The van der Waals surface area contributed by atoms with Gasteiger partial charge in [-0.3, -0.25) is 0 Å². The molecule has 0 saturated carbocycles. The fourth-order valence-electron chi connectivity index (χ4n) is 0.837. The Morgan fingerprint density at radius 2 is 1.91 bits per heavy atom. The normalized spacial score (nSPS) is 22.2. The summed E-state index contributed by atoms with van der Waals surface area (Å²) in [5, 5.41) is 4.66. The minimum absolute atomic E-state index is 0.156. The summed E-state index contributed by atoms with van der Waals surface area (Å²) >= 11 is 0. The van der Waals surface area contributed by atoms with E-state index >= 15 is 0 Å². The van der Waals surface area contributed by atoms with Crippen molar-refractivity contribution < 1.29 is 17.2 Å². The summed E-state index contributed by atoms with van der Waals surface area (Å²) in [6.07, 6.45) is -2.45. The quantitative estimate of drug-likeness (QED) is 0.625. The molecule has 0 spiro atoms. The zero-order chi connectivity index (χ0) is 8.65. The summed E-state index contributed by atoms with van der Waals surface area (Å²) in [5.74, 6) is -0.840. The predicted octanol–water partition coefficient (Wildman–Crippen LogP) is -0.613. The van der Waals surface area contributed by atoms with Crippen molar-refractivity contribution in [2.45, 2.75) is 6.43 Å². The van der Waals surface area contributed by atoms with Crippen molar-refractivity contribution in [2.75, 3.05) is 13.1 Å². The highest BCUT2D eigenvalue weighted by Crippen LogP contribution is 2.23. The Balaban J connectivity index is 2.42. The van der Waals surface area contributed by atoms with Crippen LogP contribution in [-0.2, 0) is 10.2 Å². The Hall–Kier alpha value is -0.270. The number of alkyl halides is 2. The van der Waals surface area contributed by atoms with Gasteiger partial charge < -0.3 is 0 Å². The third-order valence-corrected chi connectivity index (χ3v) is 2.61. The van der Waals surface area contributed by atoms with E-state index in [-0.39, 0.29) is 13.1 Å². The molecule has 0 radical (unpaired) electrons. The van der Waals surface area contributed by atoms with E-state index in [2.05, 4.69) is 5.14 Å². The van der Waals surface area contributed by atoms with Crippen LogP contribution >= 0.6 is 0 Å². The van der Waals surface area contributed by atoms with Crippen molar-refractivity contribution in [1.82, 2.24) is 4.31 Å². The number of hydrogen-bond donors (Lipinski definition) is 1. The van der Waals surface area contributed by atoms with Gasteiger partial charge in [-0.15, -0.1) is 0 Å². The van der Waals surface area contributed by atoms with E-state index in [1.54, 1.807) is 0 Å². The summed E-state index contributed by atoms with van der Waals surface area (Å²) in [7, 11) is -3.73. The highest BCUT2D eigenvalue weighted by molar-refractivity contribution is 7.86. The largest absolute Gasteiger partial charge is 0.276 e. The van der Waals surface area contributed by atoms with Crippen molar-refractivity contribution in [2.24, 2.45) is 11.1 Å². The molecule has 0 aromatic carbocycles. The molecule has 0 aromatic rings. The average molecular weight is 186 g/mol. The van der Waals surface area contributed by atoms with E-state index in [1.807, 2.05) is 0 Å². The van der Waals surface area contributed by atoms with Gasteiger partial charge in [-0.1, -0.05) is 0 Å².